The molecule has 0 bridgehead atoms. The molecule has 98 valence electrons. The number of aryl methyl sites for hydroxylation is 2. The Morgan fingerprint density at radius 2 is 1.80 bits per heavy atom. The van der Waals surface area contributed by atoms with Crippen molar-refractivity contribution < 1.29 is 4.79 Å². The Kier molecular flexibility index (Phi) is 3.07. The van der Waals surface area contributed by atoms with E-state index in [9.17, 15) is 4.79 Å². The van der Waals surface area contributed by atoms with Gasteiger partial charge >= 0.3 is 0 Å². The lowest BCUT2D eigenvalue weighted by Crippen LogP contribution is -2.07. The normalized spacial score (nSPS) is 10.7. The molecule has 1 heterocycles. The molecule has 0 aliphatic heterocycles. The maximum atomic E-state index is 12.7. The Bertz CT molecular complexity index is 800. The number of ketones is 1. The van der Waals surface area contributed by atoms with E-state index in [0.717, 1.165) is 27.5 Å². The number of rotatable bonds is 2. The topological polar surface area (TPSA) is 30.0 Å². The van der Waals surface area contributed by atoms with Gasteiger partial charge < -0.3 is 0 Å². The lowest BCUT2D eigenvalue weighted by atomic mass is 9.98. The third-order valence-electron chi connectivity index (χ3n) is 3.52. The highest BCUT2D eigenvalue weighted by Gasteiger charge is 2.15. The Hall–Kier alpha value is -2.48. The van der Waals surface area contributed by atoms with Gasteiger partial charge in [-0.15, -0.1) is 0 Å². The smallest absolute Gasteiger partial charge is 0.212 e. The summed E-state index contributed by atoms with van der Waals surface area (Å²) in [5.74, 6) is -0.0145. The van der Waals surface area contributed by atoms with E-state index < -0.39 is 0 Å². The van der Waals surface area contributed by atoms with Crippen LogP contribution in [0.25, 0.3) is 10.8 Å². The number of fused-ring (bicyclic) bond motifs is 1. The van der Waals surface area contributed by atoms with Crippen LogP contribution in [0.3, 0.4) is 0 Å². The van der Waals surface area contributed by atoms with Crippen molar-refractivity contribution in [2.75, 3.05) is 0 Å². The van der Waals surface area contributed by atoms with Crippen molar-refractivity contribution in [2.24, 2.45) is 0 Å². The van der Waals surface area contributed by atoms with E-state index in [1.807, 2.05) is 62.4 Å². The van der Waals surface area contributed by atoms with Gasteiger partial charge in [-0.3, -0.25) is 9.78 Å². The van der Waals surface area contributed by atoms with E-state index in [1.54, 1.807) is 6.20 Å². The molecule has 0 unspecified atom stereocenters. The monoisotopic (exact) mass is 261 g/mol. The van der Waals surface area contributed by atoms with Crippen LogP contribution in [0.2, 0.25) is 0 Å². The van der Waals surface area contributed by atoms with Crippen molar-refractivity contribution in [2.45, 2.75) is 13.8 Å². The molecule has 0 aliphatic rings. The number of hydrogen-bond donors (Lipinski definition) is 0. The first-order chi connectivity index (χ1) is 9.66. The molecule has 3 aromatic rings. The van der Waals surface area contributed by atoms with Gasteiger partial charge in [0.1, 0.15) is 5.69 Å². The van der Waals surface area contributed by atoms with Gasteiger partial charge in [-0.05, 0) is 30.9 Å². The predicted molar refractivity (Wildman–Crippen MR) is 81.1 cm³/mol. The first kappa shape index (κ1) is 12.5. The third kappa shape index (κ3) is 2.10. The maximum absolute atomic E-state index is 12.7. The summed E-state index contributed by atoms with van der Waals surface area (Å²) in [7, 11) is 0. The highest BCUT2D eigenvalue weighted by Crippen LogP contribution is 2.21. The second kappa shape index (κ2) is 4.89. The van der Waals surface area contributed by atoms with Gasteiger partial charge in [-0.2, -0.15) is 0 Å². The minimum absolute atomic E-state index is 0.0145. The molecule has 0 aliphatic carbocycles. The van der Waals surface area contributed by atoms with Crippen LogP contribution in [0, 0.1) is 13.8 Å². The average molecular weight is 261 g/mol. The molecule has 0 atom stereocenters. The predicted octanol–water partition coefficient (Wildman–Crippen LogP) is 4.08. The summed E-state index contributed by atoms with van der Waals surface area (Å²) in [4.78, 5) is 17.0. The van der Waals surface area contributed by atoms with Gasteiger partial charge in [0.2, 0.25) is 5.78 Å². The van der Waals surface area contributed by atoms with Gasteiger partial charge in [-0.1, -0.05) is 48.0 Å². The Labute approximate surface area is 118 Å². The molecular formula is C18H15NO. The summed E-state index contributed by atoms with van der Waals surface area (Å²) < 4.78 is 0. The average Bonchev–Trinajstić information content (AvgIpc) is 2.46. The molecule has 0 amide bonds. The zero-order chi connectivity index (χ0) is 14.1. The second-order valence-corrected chi connectivity index (χ2v) is 5.03. The minimum atomic E-state index is -0.0145. The number of carbonyl (C=O) groups excluding carboxylic acids is 1. The molecule has 0 N–H and O–H groups in total. The number of carbonyl (C=O) groups is 1. The number of pyridine rings is 1. The van der Waals surface area contributed by atoms with E-state index in [4.69, 9.17) is 0 Å². The SMILES string of the molecule is Cc1ccc(C(=O)c2nccc3ccccc23)c(C)c1. The molecule has 1 aromatic heterocycles. The Morgan fingerprint density at radius 1 is 1.00 bits per heavy atom. The van der Waals surface area contributed by atoms with Gasteiger partial charge in [-0.25, -0.2) is 0 Å². The van der Waals surface area contributed by atoms with Crippen LogP contribution in [-0.4, -0.2) is 10.8 Å². The first-order valence-corrected chi connectivity index (χ1v) is 6.62. The summed E-state index contributed by atoms with van der Waals surface area (Å²) in [6.07, 6.45) is 1.69. The molecule has 0 saturated heterocycles. The third-order valence-corrected chi connectivity index (χ3v) is 3.52. The number of benzene rings is 2. The van der Waals surface area contributed by atoms with E-state index in [0.29, 0.717) is 5.69 Å². The van der Waals surface area contributed by atoms with Crippen molar-refractivity contribution in [3.8, 4) is 0 Å². The lowest BCUT2D eigenvalue weighted by molar-refractivity contribution is 0.103. The van der Waals surface area contributed by atoms with Crippen LogP contribution < -0.4 is 0 Å². The molecule has 0 radical (unpaired) electrons. The van der Waals surface area contributed by atoms with Crippen LogP contribution in [0.15, 0.2) is 54.7 Å². The fourth-order valence-corrected chi connectivity index (χ4v) is 2.50. The van der Waals surface area contributed by atoms with Crippen LogP contribution in [0.4, 0.5) is 0 Å². The lowest BCUT2D eigenvalue weighted by Gasteiger charge is -2.08. The van der Waals surface area contributed by atoms with E-state index in [2.05, 4.69) is 4.98 Å². The first-order valence-electron chi connectivity index (χ1n) is 6.62. The Morgan fingerprint density at radius 3 is 2.60 bits per heavy atom. The summed E-state index contributed by atoms with van der Waals surface area (Å²) in [5.41, 5.74) is 3.39. The van der Waals surface area contributed by atoms with Crippen molar-refractivity contribution in [3.63, 3.8) is 0 Å². The van der Waals surface area contributed by atoms with E-state index in [1.165, 1.54) is 0 Å². The van der Waals surface area contributed by atoms with Crippen LogP contribution in [-0.2, 0) is 0 Å². The van der Waals surface area contributed by atoms with Crippen molar-refractivity contribution >= 4 is 16.6 Å². The zero-order valence-electron chi connectivity index (χ0n) is 11.6. The summed E-state index contributed by atoms with van der Waals surface area (Å²) in [5, 5.41) is 1.94. The maximum Gasteiger partial charge on any atom is 0.212 e. The molecule has 0 spiro atoms. The summed E-state index contributed by atoms with van der Waals surface area (Å²) in [6.45, 7) is 3.99. The van der Waals surface area contributed by atoms with Crippen LogP contribution in [0.1, 0.15) is 27.2 Å². The van der Waals surface area contributed by atoms with Gasteiger partial charge in [0.15, 0.2) is 0 Å². The van der Waals surface area contributed by atoms with Gasteiger partial charge in [0.05, 0.1) is 0 Å². The quantitative estimate of drug-likeness (QED) is 0.650. The van der Waals surface area contributed by atoms with Crippen molar-refractivity contribution in [3.05, 3.63) is 77.1 Å². The molecule has 0 fully saturated rings. The standard InChI is InChI=1S/C18H15NO/c1-12-7-8-15(13(2)11-12)18(20)17-16-6-4-3-5-14(16)9-10-19-17/h3-11H,1-2H3. The van der Waals surface area contributed by atoms with E-state index in [-0.39, 0.29) is 5.78 Å². The summed E-state index contributed by atoms with van der Waals surface area (Å²) >= 11 is 0. The molecule has 20 heavy (non-hydrogen) atoms. The number of nitrogens with zero attached hydrogens (tertiary/aromatic N) is 1. The second-order valence-electron chi connectivity index (χ2n) is 5.03. The fourth-order valence-electron chi connectivity index (χ4n) is 2.50. The largest absolute Gasteiger partial charge is 0.287 e. The fraction of sp³-hybridized carbons (Fsp3) is 0.111. The number of aromatic nitrogens is 1. The minimum Gasteiger partial charge on any atom is -0.287 e. The van der Waals surface area contributed by atoms with Crippen LogP contribution >= 0.6 is 0 Å². The van der Waals surface area contributed by atoms with Gasteiger partial charge in [0.25, 0.3) is 0 Å². The highest BCUT2D eigenvalue weighted by molar-refractivity contribution is 6.15. The molecule has 3 rings (SSSR count). The zero-order valence-corrected chi connectivity index (χ0v) is 11.6. The molecule has 2 aromatic carbocycles. The summed E-state index contributed by atoms with van der Waals surface area (Å²) in [6, 6.07) is 15.6. The van der Waals surface area contributed by atoms with Crippen LogP contribution in [0.5, 0.6) is 0 Å². The number of hydrogen-bond acceptors (Lipinski definition) is 2. The molecule has 2 nitrogen and oxygen atoms in total. The highest BCUT2D eigenvalue weighted by atomic mass is 16.1. The van der Waals surface area contributed by atoms with Crippen molar-refractivity contribution in [1.82, 2.24) is 4.98 Å². The van der Waals surface area contributed by atoms with Gasteiger partial charge in [0, 0.05) is 17.1 Å². The Balaban J connectivity index is 2.18. The van der Waals surface area contributed by atoms with Crippen molar-refractivity contribution in [1.29, 1.82) is 0 Å². The van der Waals surface area contributed by atoms with E-state index >= 15 is 0 Å². The molecule has 0 saturated carbocycles. The molecular weight excluding hydrogens is 246 g/mol. The molecule has 2 heteroatoms.